The molecular formula is C16H15N3O2S2. The highest BCUT2D eigenvalue weighted by Gasteiger charge is 2.14. The molecule has 118 valence electrons. The number of pyridine rings is 1. The van der Waals surface area contributed by atoms with E-state index < -0.39 is 0 Å². The second-order valence-electron chi connectivity index (χ2n) is 4.98. The van der Waals surface area contributed by atoms with Crippen molar-refractivity contribution in [1.29, 1.82) is 0 Å². The van der Waals surface area contributed by atoms with E-state index >= 15 is 0 Å². The number of hydrogen-bond donors (Lipinski definition) is 0. The van der Waals surface area contributed by atoms with E-state index in [1.165, 1.54) is 18.0 Å². The summed E-state index contributed by atoms with van der Waals surface area (Å²) in [5.41, 5.74) is 0.958. The van der Waals surface area contributed by atoms with Gasteiger partial charge in [0.05, 0.1) is 22.5 Å². The number of aromatic nitrogens is 2. The van der Waals surface area contributed by atoms with Crippen LogP contribution in [-0.4, -0.2) is 28.6 Å². The highest BCUT2D eigenvalue weighted by Crippen LogP contribution is 2.22. The van der Waals surface area contributed by atoms with Gasteiger partial charge in [-0.15, -0.1) is 11.3 Å². The van der Waals surface area contributed by atoms with Gasteiger partial charge in [0.15, 0.2) is 6.20 Å². The number of nitrogens with zero attached hydrogens (tertiary/aromatic N) is 3. The number of thioether (sulfide) groups is 1. The topological polar surface area (TPSA) is 60.1 Å². The molecule has 0 aliphatic heterocycles. The maximum absolute atomic E-state index is 12.2. The molecule has 0 radical (unpaired) electrons. The summed E-state index contributed by atoms with van der Waals surface area (Å²) in [6.07, 6.45) is 1.43. The van der Waals surface area contributed by atoms with Crippen molar-refractivity contribution in [3.05, 3.63) is 58.9 Å². The van der Waals surface area contributed by atoms with Gasteiger partial charge >= 0.3 is 0 Å². The molecule has 1 aromatic carbocycles. The molecule has 1 amide bonds. The van der Waals surface area contributed by atoms with Gasteiger partial charge in [-0.25, -0.2) is 4.98 Å². The molecule has 0 spiro atoms. The predicted octanol–water partition coefficient (Wildman–Crippen LogP) is 2.68. The van der Waals surface area contributed by atoms with Crippen LogP contribution in [0, 0.1) is 5.21 Å². The predicted molar refractivity (Wildman–Crippen MR) is 92.2 cm³/mol. The number of thiazole rings is 1. The smallest absolute Gasteiger partial charge is 0.251 e. The molecule has 5 nitrogen and oxygen atoms in total. The van der Waals surface area contributed by atoms with E-state index in [0.717, 1.165) is 20.0 Å². The first-order valence-electron chi connectivity index (χ1n) is 7.03. The SMILES string of the molecule is CN(Cc1nc2ccccc2s1)C(=O)CSc1cccc[n+]1[O-]. The van der Waals surface area contributed by atoms with Gasteiger partial charge in [0.2, 0.25) is 5.91 Å². The monoisotopic (exact) mass is 345 g/mol. The quantitative estimate of drug-likeness (QED) is 0.405. The maximum atomic E-state index is 12.2. The average molecular weight is 345 g/mol. The number of carbonyl (C=O) groups excluding carboxylic acids is 1. The molecule has 2 aromatic heterocycles. The maximum Gasteiger partial charge on any atom is 0.251 e. The minimum absolute atomic E-state index is 0.0295. The van der Waals surface area contributed by atoms with E-state index in [-0.39, 0.29) is 11.7 Å². The highest BCUT2D eigenvalue weighted by molar-refractivity contribution is 7.99. The van der Waals surface area contributed by atoms with Crippen LogP contribution in [0.1, 0.15) is 5.01 Å². The van der Waals surface area contributed by atoms with Crippen LogP contribution in [0.5, 0.6) is 0 Å². The van der Waals surface area contributed by atoms with Gasteiger partial charge in [-0.3, -0.25) is 4.79 Å². The first kappa shape index (κ1) is 15.8. The Hall–Kier alpha value is -2.12. The van der Waals surface area contributed by atoms with Crippen molar-refractivity contribution in [2.45, 2.75) is 11.6 Å². The van der Waals surface area contributed by atoms with Gasteiger partial charge in [-0.1, -0.05) is 12.1 Å². The highest BCUT2D eigenvalue weighted by atomic mass is 32.2. The number of carbonyl (C=O) groups is 1. The Morgan fingerprint density at radius 1 is 1.30 bits per heavy atom. The third kappa shape index (κ3) is 3.80. The van der Waals surface area contributed by atoms with E-state index in [0.29, 0.717) is 11.6 Å². The molecule has 0 saturated heterocycles. The molecule has 0 aliphatic carbocycles. The van der Waals surface area contributed by atoms with Crippen LogP contribution in [0.25, 0.3) is 10.2 Å². The van der Waals surface area contributed by atoms with Crippen molar-refractivity contribution in [2.75, 3.05) is 12.8 Å². The van der Waals surface area contributed by atoms with E-state index in [2.05, 4.69) is 4.98 Å². The van der Waals surface area contributed by atoms with Crippen LogP contribution >= 0.6 is 23.1 Å². The molecule has 3 rings (SSSR count). The molecule has 0 atom stereocenters. The number of fused-ring (bicyclic) bond motifs is 1. The fourth-order valence-electron chi connectivity index (χ4n) is 2.05. The van der Waals surface area contributed by atoms with Gasteiger partial charge in [-0.2, -0.15) is 4.73 Å². The van der Waals surface area contributed by atoms with Crippen LogP contribution in [0.2, 0.25) is 0 Å². The van der Waals surface area contributed by atoms with Crippen molar-refractivity contribution >= 4 is 39.2 Å². The van der Waals surface area contributed by atoms with Crippen molar-refractivity contribution in [2.24, 2.45) is 0 Å². The van der Waals surface area contributed by atoms with E-state index in [1.807, 2.05) is 24.3 Å². The third-order valence-electron chi connectivity index (χ3n) is 3.27. The Kier molecular flexibility index (Phi) is 4.78. The van der Waals surface area contributed by atoms with Crippen molar-refractivity contribution < 1.29 is 9.52 Å². The largest absolute Gasteiger partial charge is 0.618 e. The number of hydrogen-bond acceptors (Lipinski definition) is 5. The van der Waals surface area contributed by atoms with Gasteiger partial charge in [0.25, 0.3) is 5.03 Å². The molecule has 7 heteroatoms. The molecule has 0 unspecified atom stereocenters. The molecule has 2 heterocycles. The fourth-order valence-corrected chi connectivity index (χ4v) is 3.92. The standard InChI is InChI=1S/C16H15N3O2S2/c1-18(10-14-17-12-6-2-3-7-13(12)23-14)15(20)11-22-16-8-4-5-9-19(16)21/h2-9H,10-11H2,1H3. The summed E-state index contributed by atoms with van der Waals surface area (Å²) >= 11 is 2.84. The van der Waals surface area contributed by atoms with Crippen LogP contribution in [-0.2, 0) is 11.3 Å². The second kappa shape index (κ2) is 6.97. The summed E-state index contributed by atoms with van der Waals surface area (Å²) in [5.74, 6) is 0.200. The molecule has 0 saturated carbocycles. The summed E-state index contributed by atoms with van der Waals surface area (Å²) in [7, 11) is 1.76. The molecule has 0 N–H and O–H groups in total. The van der Waals surface area contributed by atoms with Crippen molar-refractivity contribution in [1.82, 2.24) is 9.88 Å². The minimum atomic E-state index is -0.0295. The van der Waals surface area contributed by atoms with E-state index in [4.69, 9.17) is 0 Å². The number of para-hydroxylation sites is 1. The normalized spacial score (nSPS) is 10.8. The van der Waals surface area contributed by atoms with Gasteiger partial charge in [0.1, 0.15) is 5.01 Å². The van der Waals surface area contributed by atoms with Gasteiger partial charge in [-0.05, 0) is 30.0 Å². The minimum Gasteiger partial charge on any atom is -0.618 e. The lowest BCUT2D eigenvalue weighted by Crippen LogP contribution is -2.30. The Morgan fingerprint density at radius 3 is 2.87 bits per heavy atom. The Bertz CT molecular complexity index is 802. The zero-order valence-corrected chi connectivity index (χ0v) is 14.1. The zero-order chi connectivity index (χ0) is 16.2. The first-order valence-corrected chi connectivity index (χ1v) is 8.83. The van der Waals surface area contributed by atoms with Crippen LogP contribution in [0.4, 0.5) is 0 Å². The fraction of sp³-hybridized carbons (Fsp3) is 0.188. The summed E-state index contributed by atoms with van der Waals surface area (Å²) in [6.45, 7) is 0.477. The number of benzene rings is 1. The summed E-state index contributed by atoms with van der Waals surface area (Å²) in [4.78, 5) is 18.4. The Balaban J connectivity index is 1.60. The molecule has 0 bridgehead atoms. The number of amides is 1. The number of rotatable bonds is 5. The van der Waals surface area contributed by atoms with Crippen molar-refractivity contribution in [3.8, 4) is 0 Å². The first-order chi connectivity index (χ1) is 11.1. The van der Waals surface area contributed by atoms with E-state index in [1.54, 1.807) is 41.5 Å². The molecule has 23 heavy (non-hydrogen) atoms. The van der Waals surface area contributed by atoms with Crippen LogP contribution in [0.3, 0.4) is 0 Å². The summed E-state index contributed by atoms with van der Waals surface area (Å²) in [5, 5.41) is 13.0. The lowest BCUT2D eigenvalue weighted by molar-refractivity contribution is -0.645. The van der Waals surface area contributed by atoms with E-state index in [9.17, 15) is 10.0 Å². The van der Waals surface area contributed by atoms with Gasteiger partial charge < -0.3 is 10.1 Å². The average Bonchev–Trinajstić information content (AvgIpc) is 2.96. The summed E-state index contributed by atoms with van der Waals surface area (Å²) in [6, 6.07) is 13.1. The van der Waals surface area contributed by atoms with Crippen LogP contribution in [0.15, 0.2) is 53.7 Å². The van der Waals surface area contributed by atoms with Gasteiger partial charge in [0, 0.05) is 19.2 Å². The Morgan fingerprint density at radius 2 is 2.09 bits per heavy atom. The lowest BCUT2D eigenvalue weighted by atomic mass is 10.3. The molecule has 0 aliphatic rings. The second-order valence-corrected chi connectivity index (χ2v) is 7.09. The lowest BCUT2D eigenvalue weighted by Gasteiger charge is -2.15. The third-order valence-corrected chi connectivity index (χ3v) is 5.29. The molecular weight excluding hydrogens is 330 g/mol. The zero-order valence-electron chi connectivity index (χ0n) is 12.5. The summed E-state index contributed by atoms with van der Waals surface area (Å²) < 4.78 is 1.89. The van der Waals surface area contributed by atoms with Crippen molar-refractivity contribution in [3.63, 3.8) is 0 Å². The molecule has 0 fully saturated rings. The molecule has 3 aromatic rings. The Labute approximate surface area is 142 Å². The van der Waals surface area contributed by atoms with Crippen LogP contribution < -0.4 is 4.73 Å².